The summed E-state index contributed by atoms with van der Waals surface area (Å²) in [6, 6.07) is 13.7. The number of carbonyl (C=O) groups is 1. The minimum atomic E-state index is -0.280. The molecule has 7 heteroatoms. The molecule has 3 N–H and O–H groups in total. The van der Waals surface area contributed by atoms with Crippen molar-refractivity contribution >= 4 is 22.8 Å². The molecule has 1 aliphatic rings. The number of fused-ring (bicyclic) bond motifs is 1. The Kier molecular flexibility index (Phi) is 5.43. The number of urea groups is 1. The number of ether oxygens (including phenoxy) is 2. The highest BCUT2D eigenvalue weighted by Crippen LogP contribution is 2.29. The summed E-state index contributed by atoms with van der Waals surface area (Å²) in [7, 11) is 0. The summed E-state index contributed by atoms with van der Waals surface area (Å²) in [5.74, 6) is 1.35. The predicted molar refractivity (Wildman–Crippen MR) is 109 cm³/mol. The average Bonchev–Trinajstić information content (AvgIpc) is 3.37. The van der Waals surface area contributed by atoms with Gasteiger partial charge >= 0.3 is 6.03 Å². The van der Waals surface area contributed by atoms with Gasteiger partial charge < -0.3 is 14.8 Å². The Morgan fingerprint density at radius 1 is 1.29 bits per heavy atom. The van der Waals surface area contributed by atoms with E-state index < -0.39 is 0 Å². The Bertz CT molecular complexity index is 963. The molecule has 2 aromatic carbocycles. The molecule has 1 unspecified atom stereocenters. The number of aromatic amines is 1. The lowest BCUT2D eigenvalue weighted by molar-refractivity contribution is 0.112. The average molecular weight is 380 g/mol. The van der Waals surface area contributed by atoms with Gasteiger partial charge in [-0.3, -0.25) is 10.4 Å². The predicted octanol–water partition coefficient (Wildman–Crippen LogP) is 3.93. The molecular weight excluding hydrogens is 356 g/mol. The van der Waals surface area contributed by atoms with E-state index in [0.29, 0.717) is 19.0 Å². The van der Waals surface area contributed by atoms with E-state index in [0.717, 1.165) is 47.2 Å². The molecule has 0 spiro atoms. The van der Waals surface area contributed by atoms with Crippen molar-refractivity contribution in [1.29, 1.82) is 0 Å². The number of rotatable bonds is 6. The number of hydrogen-bond acceptors (Lipinski definition) is 4. The Balaban J connectivity index is 1.46. The zero-order chi connectivity index (χ0) is 19.3. The van der Waals surface area contributed by atoms with Crippen molar-refractivity contribution in [2.45, 2.75) is 25.9 Å². The van der Waals surface area contributed by atoms with Crippen molar-refractivity contribution in [2.24, 2.45) is 0 Å². The van der Waals surface area contributed by atoms with Crippen molar-refractivity contribution in [3.8, 4) is 16.9 Å². The van der Waals surface area contributed by atoms with Gasteiger partial charge in [0, 0.05) is 18.5 Å². The summed E-state index contributed by atoms with van der Waals surface area (Å²) >= 11 is 0. The van der Waals surface area contributed by atoms with Crippen LogP contribution in [0.2, 0.25) is 0 Å². The largest absolute Gasteiger partial charge is 0.494 e. The molecule has 4 rings (SSSR count). The second kappa shape index (κ2) is 8.31. The second-order valence-corrected chi connectivity index (χ2v) is 6.76. The maximum Gasteiger partial charge on any atom is 0.320 e. The fraction of sp³-hybridized carbons (Fsp3) is 0.333. The quantitative estimate of drug-likeness (QED) is 0.605. The zero-order valence-corrected chi connectivity index (χ0v) is 15.8. The third-order valence-corrected chi connectivity index (χ3v) is 4.79. The van der Waals surface area contributed by atoms with Gasteiger partial charge in [-0.15, -0.1) is 0 Å². The smallest absolute Gasteiger partial charge is 0.320 e. The Morgan fingerprint density at radius 3 is 3.00 bits per heavy atom. The Labute approximate surface area is 163 Å². The van der Waals surface area contributed by atoms with Crippen LogP contribution in [0.4, 0.5) is 10.6 Å². The molecule has 0 bridgehead atoms. The van der Waals surface area contributed by atoms with Crippen molar-refractivity contribution in [3.05, 3.63) is 42.5 Å². The molecule has 2 amide bonds. The lowest BCUT2D eigenvalue weighted by Gasteiger charge is -2.11. The van der Waals surface area contributed by atoms with E-state index in [4.69, 9.17) is 9.47 Å². The molecule has 1 aliphatic heterocycles. The molecule has 7 nitrogen and oxygen atoms in total. The number of H-pyrrole nitrogens is 1. The number of aromatic nitrogens is 2. The molecule has 146 valence electrons. The molecule has 2 heterocycles. The van der Waals surface area contributed by atoms with Crippen molar-refractivity contribution in [3.63, 3.8) is 0 Å². The standard InChI is InChI=1S/C21H24N4O3/c1-2-27-16-6-3-5-14(11-16)15-8-9-18-19(12-15)24-25-20(18)23-21(26)22-13-17-7-4-10-28-17/h3,5-6,8-9,11-12,17H,2,4,7,10,13H2,1H3,(H3,22,23,24,25,26). The van der Waals surface area contributed by atoms with E-state index in [1.165, 1.54) is 0 Å². The van der Waals surface area contributed by atoms with Crippen LogP contribution in [0.1, 0.15) is 19.8 Å². The van der Waals surface area contributed by atoms with Crippen LogP contribution in [-0.4, -0.2) is 42.1 Å². The van der Waals surface area contributed by atoms with Gasteiger partial charge in [-0.1, -0.05) is 18.2 Å². The van der Waals surface area contributed by atoms with Crippen LogP contribution in [0, 0.1) is 0 Å². The zero-order valence-electron chi connectivity index (χ0n) is 15.8. The van der Waals surface area contributed by atoms with Crippen LogP contribution >= 0.6 is 0 Å². The first-order chi connectivity index (χ1) is 13.7. The summed E-state index contributed by atoms with van der Waals surface area (Å²) in [5.41, 5.74) is 2.96. The Morgan fingerprint density at radius 2 is 2.18 bits per heavy atom. The molecule has 0 saturated carbocycles. The topological polar surface area (TPSA) is 88.3 Å². The first-order valence-electron chi connectivity index (χ1n) is 9.61. The van der Waals surface area contributed by atoms with Crippen LogP contribution in [0.5, 0.6) is 5.75 Å². The Hall–Kier alpha value is -3.06. The number of anilines is 1. The highest BCUT2D eigenvalue weighted by atomic mass is 16.5. The molecule has 28 heavy (non-hydrogen) atoms. The summed E-state index contributed by atoms with van der Waals surface area (Å²) in [4.78, 5) is 12.2. The normalized spacial score (nSPS) is 16.2. The van der Waals surface area contributed by atoms with Crippen LogP contribution in [-0.2, 0) is 4.74 Å². The fourth-order valence-corrected chi connectivity index (χ4v) is 3.39. The molecule has 1 atom stereocenters. The molecule has 0 radical (unpaired) electrons. The van der Waals surface area contributed by atoms with Gasteiger partial charge in [0.1, 0.15) is 5.75 Å². The van der Waals surface area contributed by atoms with E-state index >= 15 is 0 Å². The number of benzene rings is 2. The van der Waals surface area contributed by atoms with Crippen molar-refractivity contribution < 1.29 is 14.3 Å². The molecular formula is C21H24N4O3. The lowest BCUT2D eigenvalue weighted by atomic mass is 10.0. The third kappa shape index (κ3) is 4.09. The molecule has 1 fully saturated rings. The first kappa shape index (κ1) is 18.3. The van der Waals surface area contributed by atoms with Crippen LogP contribution in [0.3, 0.4) is 0 Å². The SMILES string of the molecule is CCOc1cccc(-c2ccc3c(NC(=O)NCC4CCCO4)n[nH]c3c2)c1. The minimum Gasteiger partial charge on any atom is -0.494 e. The maximum atomic E-state index is 12.2. The summed E-state index contributed by atoms with van der Waals surface area (Å²) in [6.07, 6.45) is 2.14. The van der Waals surface area contributed by atoms with E-state index in [1.54, 1.807) is 0 Å². The first-order valence-corrected chi connectivity index (χ1v) is 9.61. The van der Waals surface area contributed by atoms with E-state index in [2.05, 4.69) is 20.8 Å². The molecule has 1 saturated heterocycles. The van der Waals surface area contributed by atoms with Gasteiger partial charge in [0.05, 0.1) is 18.2 Å². The van der Waals surface area contributed by atoms with E-state index in [-0.39, 0.29) is 12.1 Å². The van der Waals surface area contributed by atoms with E-state index in [9.17, 15) is 4.79 Å². The van der Waals surface area contributed by atoms with Gasteiger partial charge in [-0.05, 0) is 55.2 Å². The second-order valence-electron chi connectivity index (χ2n) is 6.76. The van der Waals surface area contributed by atoms with Crippen LogP contribution < -0.4 is 15.4 Å². The molecule has 0 aliphatic carbocycles. The minimum absolute atomic E-state index is 0.108. The van der Waals surface area contributed by atoms with Gasteiger partial charge in [0.2, 0.25) is 0 Å². The summed E-state index contributed by atoms with van der Waals surface area (Å²) < 4.78 is 11.1. The highest BCUT2D eigenvalue weighted by Gasteiger charge is 2.17. The molecule has 1 aromatic heterocycles. The van der Waals surface area contributed by atoms with Crippen molar-refractivity contribution in [1.82, 2.24) is 15.5 Å². The summed E-state index contributed by atoms with van der Waals surface area (Å²) in [6.45, 7) is 3.88. The lowest BCUT2D eigenvalue weighted by Crippen LogP contribution is -2.35. The van der Waals surface area contributed by atoms with Gasteiger partial charge in [0.25, 0.3) is 0 Å². The van der Waals surface area contributed by atoms with E-state index in [1.807, 2.05) is 49.4 Å². The number of hydrogen-bond donors (Lipinski definition) is 3. The van der Waals surface area contributed by atoms with Crippen molar-refractivity contribution in [2.75, 3.05) is 25.1 Å². The third-order valence-electron chi connectivity index (χ3n) is 4.79. The van der Waals surface area contributed by atoms with Crippen LogP contribution in [0.25, 0.3) is 22.0 Å². The summed E-state index contributed by atoms with van der Waals surface area (Å²) in [5, 5.41) is 13.7. The fourth-order valence-electron chi connectivity index (χ4n) is 3.39. The van der Waals surface area contributed by atoms with Crippen LogP contribution in [0.15, 0.2) is 42.5 Å². The number of amides is 2. The number of nitrogens with zero attached hydrogens (tertiary/aromatic N) is 1. The molecule has 3 aromatic rings. The van der Waals surface area contributed by atoms with Gasteiger partial charge in [-0.25, -0.2) is 4.79 Å². The number of carbonyl (C=O) groups excluding carboxylic acids is 1. The highest BCUT2D eigenvalue weighted by molar-refractivity contribution is 6.00. The number of nitrogens with one attached hydrogen (secondary N) is 3. The van der Waals surface area contributed by atoms with Gasteiger partial charge in [0.15, 0.2) is 5.82 Å². The van der Waals surface area contributed by atoms with Gasteiger partial charge in [-0.2, -0.15) is 5.10 Å². The maximum absolute atomic E-state index is 12.2. The monoisotopic (exact) mass is 380 g/mol.